The van der Waals surface area contributed by atoms with E-state index in [1.54, 1.807) is 0 Å². The lowest BCUT2D eigenvalue weighted by atomic mass is 9.82. The van der Waals surface area contributed by atoms with Crippen molar-refractivity contribution in [1.29, 1.82) is 0 Å². The number of rotatable bonds is 5. The number of esters is 1. The number of piperidine rings is 1. The standard InChI is InChI=1S/C11H20ClNO2/c1-2-15-11(14)7-9-4-6-13-8-10(9)3-5-12/h9-10,13H,2-8H2,1H3/t9-,10+/m0/s1. The minimum absolute atomic E-state index is 0.0658. The highest BCUT2D eigenvalue weighted by Crippen LogP contribution is 2.26. The van der Waals surface area contributed by atoms with Crippen LogP contribution in [0.25, 0.3) is 0 Å². The van der Waals surface area contributed by atoms with Gasteiger partial charge in [0, 0.05) is 12.3 Å². The summed E-state index contributed by atoms with van der Waals surface area (Å²) < 4.78 is 4.98. The Morgan fingerprint density at radius 3 is 3.00 bits per heavy atom. The third-order valence-corrected chi connectivity index (χ3v) is 3.20. The van der Waals surface area contributed by atoms with Gasteiger partial charge in [-0.1, -0.05) is 0 Å². The van der Waals surface area contributed by atoms with Gasteiger partial charge >= 0.3 is 5.97 Å². The van der Waals surface area contributed by atoms with Gasteiger partial charge in [0.2, 0.25) is 0 Å². The van der Waals surface area contributed by atoms with Crippen molar-refractivity contribution in [1.82, 2.24) is 5.32 Å². The van der Waals surface area contributed by atoms with E-state index in [1.165, 1.54) is 0 Å². The molecular weight excluding hydrogens is 214 g/mol. The fraction of sp³-hybridized carbons (Fsp3) is 0.909. The summed E-state index contributed by atoms with van der Waals surface area (Å²) in [5.74, 6) is 1.58. The lowest BCUT2D eigenvalue weighted by Crippen LogP contribution is -2.38. The summed E-state index contributed by atoms with van der Waals surface area (Å²) in [4.78, 5) is 11.4. The first-order chi connectivity index (χ1) is 7.27. The molecule has 0 unspecified atom stereocenters. The second kappa shape index (κ2) is 7.07. The highest BCUT2D eigenvalue weighted by atomic mass is 35.5. The zero-order valence-corrected chi connectivity index (χ0v) is 10.1. The molecule has 4 heteroatoms. The highest BCUT2D eigenvalue weighted by molar-refractivity contribution is 6.17. The van der Waals surface area contributed by atoms with Crippen molar-refractivity contribution in [2.75, 3.05) is 25.6 Å². The van der Waals surface area contributed by atoms with Crippen LogP contribution >= 0.6 is 11.6 Å². The number of nitrogens with one attached hydrogen (secondary N) is 1. The molecule has 1 fully saturated rings. The summed E-state index contributed by atoms with van der Waals surface area (Å²) in [6.45, 7) is 4.31. The first-order valence-corrected chi connectivity index (χ1v) is 6.23. The third kappa shape index (κ3) is 4.39. The van der Waals surface area contributed by atoms with Crippen LogP contribution in [0, 0.1) is 11.8 Å². The number of carbonyl (C=O) groups excluding carboxylic acids is 1. The number of hydrogen-bond acceptors (Lipinski definition) is 3. The fourth-order valence-corrected chi connectivity index (χ4v) is 2.44. The molecule has 15 heavy (non-hydrogen) atoms. The van der Waals surface area contributed by atoms with Gasteiger partial charge in [-0.2, -0.15) is 0 Å². The van der Waals surface area contributed by atoms with Gasteiger partial charge in [-0.25, -0.2) is 0 Å². The Hall–Kier alpha value is -0.280. The number of halogens is 1. The van der Waals surface area contributed by atoms with Crippen LogP contribution < -0.4 is 5.32 Å². The van der Waals surface area contributed by atoms with Gasteiger partial charge in [-0.05, 0) is 44.7 Å². The Bertz CT molecular complexity index is 197. The molecule has 0 radical (unpaired) electrons. The average molecular weight is 234 g/mol. The van der Waals surface area contributed by atoms with E-state index in [0.717, 1.165) is 25.9 Å². The van der Waals surface area contributed by atoms with Crippen molar-refractivity contribution in [3.05, 3.63) is 0 Å². The molecule has 0 spiro atoms. The van der Waals surface area contributed by atoms with E-state index in [-0.39, 0.29) is 5.97 Å². The van der Waals surface area contributed by atoms with Gasteiger partial charge in [0.25, 0.3) is 0 Å². The van der Waals surface area contributed by atoms with Crippen molar-refractivity contribution in [2.24, 2.45) is 11.8 Å². The van der Waals surface area contributed by atoms with Crippen LogP contribution in [0.4, 0.5) is 0 Å². The monoisotopic (exact) mass is 233 g/mol. The maximum Gasteiger partial charge on any atom is 0.306 e. The number of carbonyl (C=O) groups is 1. The topological polar surface area (TPSA) is 38.3 Å². The van der Waals surface area contributed by atoms with Crippen molar-refractivity contribution < 1.29 is 9.53 Å². The molecule has 0 bridgehead atoms. The molecule has 0 aromatic carbocycles. The van der Waals surface area contributed by atoms with Gasteiger partial charge in [-0.3, -0.25) is 4.79 Å². The molecule has 1 rings (SSSR count). The fourth-order valence-electron chi connectivity index (χ4n) is 2.16. The highest BCUT2D eigenvalue weighted by Gasteiger charge is 2.26. The van der Waals surface area contributed by atoms with Crippen molar-refractivity contribution in [2.45, 2.75) is 26.2 Å². The van der Waals surface area contributed by atoms with Crippen LogP contribution in [0.15, 0.2) is 0 Å². The normalized spacial score (nSPS) is 26.3. The minimum atomic E-state index is -0.0658. The summed E-state index contributed by atoms with van der Waals surface area (Å²) in [6, 6.07) is 0. The van der Waals surface area contributed by atoms with Crippen LogP contribution in [-0.4, -0.2) is 31.5 Å². The predicted octanol–water partition coefficient (Wildman–Crippen LogP) is 1.79. The van der Waals surface area contributed by atoms with Gasteiger partial charge in [-0.15, -0.1) is 11.6 Å². The molecule has 0 amide bonds. The van der Waals surface area contributed by atoms with E-state index >= 15 is 0 Å². The predicted molar refractivity (Wildman–Crippen MR) is 61.1 cm³/mol. The Morgan fingerprint density at radius 1 is 1.53 bits per heavy atom. The van der Waals surface area contributed by atoms with E-state index in [9.17, 15) is 4.79 Å². The Labute approximate surface area is 96.5 Å². The van der Waals surface area contributed by atoms with E-state index < -0.39 is 0 Å². The first-order valence-electron chi connectivity index (χ1n) is 5.70. The van der Waals surface area contributed by atoms with E-state index in [0.29, 0.717) is 30.7 Å². The van der Waals surface area contributed by atoms with Crippen LogP contribution in [-0.2, 0) is 9.53 Å². The summed E-state index contributed by atoms with van der Waals surface area (Å²) in [5.41, 5.74) is 0. The molecule has 3 nitrogen and oxygen atoms in total. The molecule has 1 heterocycles. The minimum Gasteiger partial charge on any atom is -0.466 e. The van der Waals surface area contributed by atoms with Crippen LogP contribution in [0.3, 0.4) is 0 Å². The van der Waals surface area contributed by atoms with Gasteiger partial charge < -0.3 is 10.1 Å². The second-order valence-electron chi connectivity index (χ2n) is 4.00. The molecule has 1 saturated heterocycles. The zero-order chi connectivity index (χ0) is 11.1. The summed E-state index contributed by atoms with van der Waals surface area (Å²) in [7, 11) is 0. The average Bonchev–Trinajstić information content (AvgIpc) is 2.21. The lowest BCUT2D eigenvalue weighted by Gasteiger charge is -2.31. The first kappa shape index (κ1) is 12.8. The smallest absolute Gasteiger partial charge is 0.306 e. The van der Waals surface area contributed by atoms with Gasteiger partial charge in [0.1, 0.15) is 0 Å². The third-order valence-electron chi connectivity index (χ3n) is 2.98. The van der Waals surface area contributed by atoms with E-state index in [1.807, 2.05) is 6.92 Å². The van der Waals surface area contributed by atoms with Gasteiger partial charge in [0.05, 0.1) is 6.61 Å². The van der Waals surface area contributed by atoms with Crippen LogP contribution in [0.1, 0.15) is 26.2 Å². The summed E-state index contributed by atoms with van der Waals surface area (Å²) in [5, 5.41) is 3.34. The Kier molecular flexibility index (Phi) is 6.03. The quantitative estimate of drug-likeness (QED) is 0.581. The molecular formula is C11H20ClNO2. The van der Waals surface area contributed by atoms with Crippen molar-refractivity contribution >= 4 is 17.6 Å². The molecule has 2 atom stereocenters. The molecule has 1 N–H and O–H groups in total. The number of ether oxygens (including phenoxy) is 1. The Morgan fingerprint density at radius 2 is 2.33 bits per heavy atom. The maximum atomic E-state index is 11.4. The van der Waals surface area contributed by atoms with E-state index in [2.05, 4.69) is 5.32 Å². The van der Waals surface area contributed by atoms with E-state index in [4.69, 9.17) is 16.3 Å². The second-order valence-corrected chi connectivity index (χ2v) is 4.38. The molecule has 88 valence electrons. The zero-order valence-electron chi connectivity index (χ0n) is 9.30. The summed E-state index contributed by atoms with van der Waals surface area (Å²) in [6.07, 6.45) is 2.59. The van der Waals surface area contributed by atoms with Crippen LogP contribution in [0.2, 0.25) is 0 Å². The van der Waals surface area contributed by atoms with Crippen LogP contribution in [0.5, 0.6) is 0 Å². The molecule has 0 aliphatic carbocycles. The largest absolute Gasteiger partial charge is 0.466 e. The van der Waals surface area contributed by atoms with Gasteiger partial charge in [0.15, 0.2) is 0 Å². The Balaban J connectivity index is 2.38. The molecule has 0 saturated carbocycles. The maximum absolute atomic E-state index is 11.4. The SMILES string of the molecule is CCOC(=O)C[C@@H]1CCNC[C@H]1CCCl. The van der Waals surface area contributed by atoms with Crippen molar-refractivity contribution in [3.8, 4) is 0 Å². The number of hydrogen-bond donors (Lipinski definition) is 1. The van der Waals surface area contributed by atoms with Crippen molar-refractivity contribution in [3.63, 3.8) is 0 Å². The lowest BCUT2D eigenvalue weighted by molar-refractivity contribution is -0.144. The summed E-state index contributed by atoms with van der Waals surface area (Å²) >= 11 is 5.75. The number of alkyl halides is 1. The molecule has 1 aliphatic rings. The molecule has 0 aromatic rings. The molecule has 0 aromatic heterocycles. The molecule has 1 aliphatic heterocycles.